The molecule has 1 aromatic heterocycles. The summed E-state index contributed by atoms with van der Waals surface area (Å²) in [4.78, 5) is 25.9. The molecule has 0 amide bonds. The highest BCUT2D eigenvalue weighted by molar-refractivity contribution is 5.71. The van der Waals surface area contributed by atoms with Gasteiger partial charge >= 0.3 is 11.9 Å². The molecule has 0 aliphatic carbocycles. The summed E-state index contributed by atoms with van der Waals surface area (Å²) in [6.07, 6.45) is 1.38. The Hall–Kier alpha value is -2.19. The summed E-state index contributed by atoms with van der Waals surface area (Å²) in [6, 6.07) is 0. The van der Waals surface area contributed by atoms with E-state index in [1.807, 2.05) is 0 Å². The van der Waals surface area contributed by atoms with Gasteiger partial charge in [0.2, 0.25) is 0 Å². The zero-order valence-corrected chi connectivity index (χ0v) is 10.8. The number of esters is 2. The molecular formula is C12H15NO7. The lowest BCUT2D eigenvalue weighted by molar-refractivity contribution is -0.149. The van der Waals surface area contributed by atoms with Crippen LogP contribution in [0.15, 0.2) is 6.20 Å². The number of aliphatic hydroxyl groups excluding tert-OH is 2. The molecule has 20 heavy (non-hydrogen) atoms. The fourth-order valence-corrected chi connectivity index (χ4v) is 1.36. The van der Waals surface area contributed by atoms with Crippen molar-refractivity contribution in [1.29, 1.82) is 1.43 Å². The van der Waals surface area contributed by atoms with E-state index in [-0.39, 0.29) is 19.0 Å². The molecule has 8 heteroatoms. The number of rotatable bonds is 7. The van der Waals surface area contributed by atoms with Crippen LogP contribution in [0.1, 0.15) is 16.8 Å². The molecule has 0 fully saturated rings. The van der Waals surface area contributed by atoms with Gasteiger partial charge in [-0.15, -0.1) is 0 Å². The summed E-state index contributed by atoms with van der Waals surface area (Å²) < 4.78 is 16.6. The van der Waals surface area contributed by atoms with Crippen LogP contribution in [0.25, 0.3) is 0 Å². The predicted molar refractivity (Wildman–Crippen MR) is 64.4 cm³/mol. The zero-order valence-electron chi connectivity index (χ0n) is 11.8. The van der Waals surface area contributed by atoms with E-state index in [1.54, 1.807) is 6.92 Å². The summed E-state index contributed by atoms with van der Waals surface area (Å²) in [7, 11) is 0. The number of carbonyl (C=O) groups is 2. The molecular weight excluding hydrogens is 270 g/mol. The average Bonchev–Trinajstić information content (AvgIpc) is 2.50. The quantitative estimate of drug-likeness (QED) is 0.554. The van der Waals surface area contributed by atoms with E-state index in [1.165, 1.54) is 6.20 Å². The topological polar surface area (TPSA) is 126 Å². The highest BCUT2D eigenvalue weighted by atomic mass is 16.5. The Balaban J connectivity index is 2.99. The van der Waals surface area contributed by atoms with Gasteiger partial charge in [-0.1, -0.05) is 0 Å². The molecule has 0 bridgehead atoms. The average molecular weight is 286 g/mol. The van der Waals surface area contributed by atoms with Crippen molar-refractivity contribution in [3.63, 3.8) is 0 Å². The van der Waals surface area contributed by atoms with Crippen molar-refractivity contribution in [1.82, 2.24) is 4.98 Å². The van der Waals surface area contributed by atoms with Gasteiger partial charge in [0.1, 0.15) is 32.2 Å². The van der Waals surface area contributed by atoms with Crippen LogP contribution < -0.4 is 0 Å². The van der Waals surface area contributed by atoms with Gasteiger partial charge in [-0.25, -0.2) is 9.59 Å². The van der Waals surface area contributed by atoms with Crippen molar-refractivity contribution in [2.75, 3.05) is 13.2 Å². The molecule has 0 saturated heterocycles. The van der Waals surface area contributed by atoms with E-state index in [0.29, 0.717) is 16.8 Å². The van der Waals surface area contributed by atoms with Crippen LogP contribution in [-0.4, -0.2) is 46.9 Å². The number of aryl methyl sites for hydroxylation is 1. The third-order valence-electron chi connectivity index (χ3n) is 2.43. The fraction of sp³-hybridized carbons (Fsp3) is 0.417. The first-order chi connectivity index (χ1) is 10.0. The van der Waals surface area contributed by atoms with Gasteiger partial charge in [0.15, 0.2) is 0 Å². The molecule has 110 valence electrons. The second-order valence-corrected chi connectivity index (χ2v) is 3.81. The van der Waals surface area contributed by atoms with E-state index in [0.717, 1.165) is 0 Å². The lowest BCUT2D eigenvalue weighted by Crippen LogP contribution is -2.13. The second-order valence-electron chi connectivity index (χ2n) is 3.81. The number of ether oxygens (including phenoxy) is 2. The fourth-order valence-electron chi connectivity index (χ4n) is 1.36. The Kier molecular flexibility index (Phi) is 5.27. The Morgan fingerprint density at radius 3 is 2.40 bits per heavy atom. The lowest BCUT2D eigenvalue weighted by atomic mass is 10.1. The number of pyridine rings is 1. The zero-order chi connectivity index (χ0) is 15.8. The van der Waals surface area contributed by atoms with Gasteiger partial charge in [0, 0.05) is 17.3 Å². The molecule has 0 aliphatic rings. The van der Waals surface area contributed by atoms with E-state index < -0.39 is 25.2 Å². The first-order valence-corrected chi connectivity index (χ1v) is 5.67. The first kappa shape index (κ1) is 14.2. The van der Waals surface area contributed by atoms with Gasteiger partial charge in [-0.05, 0) is 6.92 Å². The maximum atomic E-state index is 11.0. The molecule has 1 aromatic rings. The predicted octanol–water partition coefficient (Wildman–Crippen LogP) is -0.833. The Labute approximate surface area is 116 Å². The van der Waals surface area contributed by atoms with Crippen LogP contribution in [0.5, 0.6) is 5.75 Å². The Morgan fingerprint density at radius 1 is 1.25 bits per heavy atom. The summed E-state index contributed by atoms with van der Waals surface area (Å²) in [5.41, 5.74) is 1.04. The molecule has 8 nitrogen and oxygen atoms in total. The van der Waals surface area contributed by atoms with Crippen molar-refractivity contribution in [3.05, 3.63) is 23.0 Å². The number of hydrogen-bond acceptors (Lipinski definition) is 8. The number of aliphatic hydroxyl groups is 2. The monoisotopic (exact) mass is 286 g/mol. The van der Waals surface area contributed by atoms with Crippen molar-refractivity contribution in [2.45, 2.75) is 20.1 Å². The molecule has 3 N–H and O–H groups in total. The maximum Gasteiger partial charge on any atom is 0.332 e. The summed E-state index contributed by atoms with van der Waals surface area (Å²) in [6.45, 7) is -0.464. The lowest BCUT2D eigenvalue weighted by Gasteiger charge is -2.13. The van der Waals surface area contributed by atoms with Gasteiger partial charge < -0.3 is 24.8 Å². The minimum Gasteiger partial charge on any atom is -0.506 e. The Bertz CT molecular complexity index is 521. The number of nitrogens with zero attached hydrogens (tertiary/aromatic N) is 1. The van der Waals surface area contributed by atoms with E-state index in [2.05, 4.69) is 10.1 Å². The molecule has 0 radical (unpaired) electrons. The van der Waals surface area contributed by atoms with Crippen molar-refractivity contribution in [3.8, 4) is 5.75 Å². The van der Waals surface area contributed by atoms with Gasteiger partial charge in [0.05, 0.1) is 5.69 Å². The summed E-state index contributed by atoms with van der Waals surface area (Å²) in [5.74, 6) is -1.61. The minimum atomic E-state index is -0.848. The van der Waals surface area contributed by atoms with Crippen LogP contribution in [-0.2, 0) is 32.3 Å². The number of hydrogen-bond donors (Lipinski definition) is 3. The molecule has 0 atom stereocenters. The summed E-state index contributed by atoms with van der Waals surface area (Å²) in [5, 5.41) is 21.7. The van der Waals surface area contributed by atoms with Crippen molar-refractivity contribution >= 4 is 11.9 Å². The second kappa shape index (κ2) is 7.41. The van der Waals surface area contributed by atoms with Crippen molar-refractivity contribution in [2.24, 2.45) is 0 Å². The van der Waals surface area contributed by atoms with Crippen LogP contribution in [0.2, 0.25) is 0 Å². The molecule has 0 aromatic carbocycles. The van der Waals surface area contributed by atoms with Crippen molar-refractivity contribution < 1.29 is 34.4 Å². The highest BCUT2D eigenvalue weighted by Gasteiger charge is 2.15. The van der Waals surface area contributed by atoms with Crippen LogP contribution in [0.4, 0.5) is 0 Å². The first-order valence-electron chi connectivity index (χ1n) is 6.07. The SMILES string of the molecule is [2H]Oc1c(C)ncc(COC(=O)CO)c1COC(=O)CO. The third-order valence-corrected chi connectivity index (χ3v) is 2.43. The largest absolute Gasteiger partial charge is 0.506 e. The normalized spacial score (nSPS) is 10.7. The van der Waals surface area contributed by atoms with Crippen LogP contribution in [0.3, 0.4) is 0 Å². The van der Waals surface area contributed by atoms with Crippen LogP contribution in [0, 0.1) is 6.92 Å². The molecule has 1 rings (SSSR count). The van der Waals surface area contributed by atoms with Gasteiger partial charge in [-0.2, -0.15) is 0 Å². The number of aromatic nitrogens is 1. The third kappa shape index (κ3) is 4.18. The summed E-state index contributed by atoms with van der Waals surface area (Å²) >= 11 is 0. The molecule has 0 saturated carbocycles. The minimum absolute atomic E-state index is 0.0679. The van der Waals surface area contributed by atoms with Gasteiger partial charge in [0.25, 0.3) is 1.43 Å². The van der Waals surface area contributed by atoms with E-state index in [9.17, 15) is 9.59 Å². The number of aromatic hydroxyl groups is 1. The highest BCUT2D eigenvalue weighted by Crippen LogP contribution is 2.25. The smallest absolute Gasteiger partial charge is 0.332 e. The van der Waals surface area contributed by atoms with Crippen LogP contribution >= 0.6 is 0 Å². The van der Waals surface area contributed by atoms with Gasteiger partial charge in [-0.3, -0.25) is 4.98 Å². The van der Waals surface area contributed by atoms with E-state index >= 15 is 0 Å². The van der Waals surface area contributed by atoms with E-state index in [4.69, 9.17) is 21.1 Å². The standard InChI is InChI=1S/C12H15NO7/c1-7-12(18)9(6-20-11(17)4-15)8(2-13-7)5-19-10(16)3-14/h2,14-15,18H,3-6H2,1H3/i/hD. The number of carbonyl (C=O) groups excluding carboxylic acids is 2. The molecule has 0 aliphatic heterocycles. The molecule has 0 unspecified atom stereocenters. The molecule has 0 spiro atoms. The molecule has 1 heterocycles. The Morgan fingerprint density at radius 2 is 1.85 bits per heavy atom. The maximum absolute atomic E-state index is 11.0.